The lowest BCUT2D eigenvalue weighted by molar-refractivity contribution is -0.174. The number of piperazine rings is 1. The molecule has 0 bridgehead atoms. The molecule has 2 N–H and O–H groups in total. The average molecular weight is 437 g/mol. The van der Waals surface area contributed by atoms with Crippen LogP contribution in [-0.4, -0.2) is 75.3 Å². The molecule has 3 aromatic rings. The van der Waals surface area contributed by atoms with Crippen LogP contribution in [0.1, 0.15) is 5.69 Å². The second-order valence-corrected chi connectivity index (χ2v) is 7.00. The number of aromatic nitrogens is 6. The monoisotopic (exact) mass is 437 g/mol. The first kappa shape index (κ1) is 21.2. The van der Waals surface area contributed by atoms with Gasteiger partial charge in [0.2, 0.25) is 5.95 Å². The first-order chi connectivity index (χ1) is 14.9. The van der Waals surface area contributed by atoms with Crippen molar-refractivity contribution in [1.82, 2.24) is 35.0 Å². The number of anilines is 3. The SMILES string of the molecule is Cc1nn(CCOCC(F)(F)F)c2c(Nc3ccncn3)nc(N3CCNCC3)nc12. The smallest absolute Gasteiger partial charge is 0.370 e. The number of nitrogens with zero attached hydrogens (tertiary/aromatic N) is 7. The van der Waals surface area contributed by atoms with Gasteiger partial charge in [0.15, 0.2) is 5.82 Å². The predicted molar refractivity (Wildman–Crippen MR) is 107 cm³/mol. The molecule has 0 saturated carbocycles. The molecule has 0 spiro atoms. The summed E-state index contributed by atoms with van der Waals surface area (Å²) in [5.74, 6) is 1.55. The molecule has 4 rings (SSSR count). The van der Waals surface area contributed by atoms with Gasteiger partial charge >= 0.3 is 6.18 Å². The van der Waals surface area contributed by atoms with Gasteiger partial charge in [-0.05, 0) is 13.0 Å². The Morgan fingerprint density at radius 1 is 1.23 bits per heavy atom. The molecule has 31 heavy (non-hydrogen) atoms. The third-order valence-electron chi connectivity index (χ3n) is 4.69. The molecule has 166 valence electrons. The zero-order valence-corrected chi connectivity index (χ0v) is 16.9. The van der Waals surface area contributed by atoms with Crippen molar-refractivity contribution >= 4 is 28.6 Å². The summed E-state index contributed by atoms with van der Waals surface area (Å²) in [6, 6.07) is 1.69. The zero-order valence-electron chi connectivity index (χ0n) is 16.9. The minimum absolute atomic E-state index is 0.120. The standard InChI is InChI=1S/C18H22F3N9O/c1-12-14-15(30(28-12)8-9-31-10-18(19,20)21)16(25-13-2-3-23-11-24-13)27-17(26-14)29-6-4-22-5-7-29/h2-3,11,22H,4-10H2,1H3,(H,23,24,25,26,27). The number of fused-ring (bicyclic) bond motifs is 1. The van der Waals surface area contributed by atoms with Gasteiger partial charge in [0, 0.05) is 32.4 Å². The number of aryl methyl sites for hydroxylation is 1. The molecule has 3 aromatic heterocycles. The summed E-state index contributed by atoms with van der Waals surface area (Å²) in [6.45, 7) is 3.64. The van der Waals surface area contributed by atoms with E-state index in [1.165, 1.54) is 6.33 Å². The van der Waals surface area contributed by atoms with Crippen molar-refractivity contribution in [2.75, 3.05) is 49.6 Å². The molecule has 1 fully saturated rings. The molecule has 10 nitrogen and oxygen atoms in total. The van der Waals surface area contributed by atoms with Crippen molar-refractivity contribution in [2.45, 2.75) is 19.6 Å². The summed E-state index contributed by atoms with van der Waals surface area (Å²) < 4.78 is 43.4. The number of nitrogens with one attached hydrogen (secondary N) is 2. The Labute approximate surface area is 175 Å². The maximum atomic E-state index is 12.4. The molecule has 13 heteroatoms. The van der Waals surface area contributed by atoms with Crippen LogP contribution in [0, 0.1) is 6.92 Å². The van der Waals surface area contributed by atoms with E-state index in [-0.39, 0.29) is 13.2 Å². The van der Waals surface area contributed by atoms with Crippen molar-refractivity contribution in [3.05, 3.63) is 24.3 Å². The number of rotatable bonds is 7. The number of halogens is 3. The Morgan fingerprint density at radius 2 is 2.03 bits per heavy atom. The van der Waals surface area contributed by atoms with Crippen LogP contribution in [0.3, 0.4) is 0 Å². The van der Waals surface area contributed by atoms with Crippen molar-refractivity contribution in [3.63, 3.8) is 0 Å². The summed E-state index contributed by atoms with van der Waals surface area (Å²) >= 11 is 0. The van der Waals surface area contributed by atoms with Crippen molar-refractivity contribution in [3.8, 4) is 0 Å². The Morgan fingerprint density at radius 3 is 2.74 bits per heavy atom. The molecule has 1 saturated heterocycles. The van der Waals surface area contributed by atoms with Crippen molar-refractivity contribution in [1.29, 1.82) is 0 Å². The van der Waals surface area contributed by atoms with Gasteiger partial charge in [-0.15, -0.1) is 0 Å². The minimum Gasteiger partial charge on any atom is -0.370 e. The number of alkyl halides is 3. The van der Waals surface area contributed by atoms with Crippen molar-refractivity contribution in [2.24, 2.45) is 0 Å². The van der Waals surface area contributed by atoms with E-state index < -0.39 is 12.8 Å². The highest BCUT2D eigenvalue weighted by molar-refractivity contribution is 5.90. The van der Waals surface area contributed by atoms with Crippen LogP contribution < -0.4 is 15.5 Å². The summed E-state index contributed by atoms with van der Waals surface area (Å²) in [7, 11) is 0. The van der Waals surface area contributed by atoms with E-state index in [0.29, 0.717) is 34.3 Å². The van der Waals surface area contributed by atoms with Gasteiger partial charge in [0.05, 0.1) is 18.8 Å². The molecule has 4 heterocycles. The second-order valence-electron chi connectivity index (χ2n) is 7.00. The Bertz CT molecular complexity index is 1020. The Hall–Kier alpha value is -3.06. The van der Waals surface area contributed by atoms with E-state index in [1.807, 2.05) is 0 Å². The highest BCUT2D eigenvalue weighted by atomic mass is 19.4. The van der Waals surface area contributed by atoms with E-state index in [9.17, 15) is 13.2 Å². The first-order valence-electron chi connectivity index (χ1n) is 9.79. The molecule has 0 aliphatic carbocycles. The number of ether oxygens (including phenoxy) is 1. The largest absolute Gasteiger partial charge is 0.411 e. The summed E-state index contributed by atoms with van der Waals surface area (Å²) in [4.78, 5) is 19.6. The van der Waals surface area contributed by atoms with Crippen LogP contribution >= 0.6 is 0 Å². The van der Waals surface area contributed by atoms with Gasteiger partial charge in [0.1, 0.15) is 29.8 Å². The van der Waals surface area contributed by atoms with Gasteiger partial charge in [-0.3, -0.25) is 4.68 Å². The fourth-order valence-electron chi connectivity index (χ4n) is 3.30. The zero-order chi connectivity index (χ0) is 21.8. The average Bonchev–Trinajstić information content (AvgIpc) is 3.08. The second kappa shape index (κ2) is 8.98. The summed E-state index contributed by atoms with van der Waals surface area (Å²) in [5.41, 5.74) is 1.84. The lowest BCUT2D eigenvalue weighted by atomic mass is 10.3. The van der Waals surface area contributed by atoms with Crippen molar-refractivity contribution < 1.29 is 17.9 Å². The number of hydrogen-bond donors (Lipinski definition) is 2. The number of hydrogen-bond acceptors (Lipinski definition) is 9. The fraction of sp³-hybridized carbons (Fsp3) is 0.500. The maximum absolute atomic E-state index is 12.4. The first-order valence-corrected chi connectivity index (χ1v) is 9.79. The normalized spacial score (nSPS) is 14.9. The van der Waals surface area contributed by atoms with Crippen LogP contribution in [0.2, 0.25) is 0 Å². The van der Waals surface area contributed by atoms with E-state index >= 15 is 0 Å². The molecule has 0 unspecified atom stereocenters. The van der Waals surface area contributed by atoms with Gasteiger partial charge in [-0.2, -0.15) is 23.3 Å². The Kier molecular flexibility index (Phi) is 6.13. The quantitative estimate of drug-likeness (QED) is 0.534. The molecule has 0 amide bonds. The predicted octanol–water partition coefficient (Wildman–Crippen LogP) is 1.66. The highest BCUT2D eigenvalue weighted by Gasteiger charge is 2.27. The highest BCUT2D eigenvalue weighted by Crippen LogP contribution is 2.28. The van der Waals surface area contributed by atoms with Crippen LogP contribution in [0.15, 0.2) is 18.6 Å². The minimum atomic E-state index is -4.37. The molecular weight excluding hydrogens is 415 g/mol. The van der Waals surface area contributed by atoms with Gasteiger partial charge in [0.25, 0.3) is 0 Å². The van der Waals surface area contributed by atoms with Crippen LogP contribution in [0.5, 0.6) is 0 Å². The topological polar surface area (TPSA) is 106 Å². The lowest BCUT2D eigenvalue weighted by Crippen LogP contribution is -2.44. The van der Waals surface area contributed by atoms with E-state index in [4.69, 9.17) is 14.7 Å². The van der Waals surface area contributed by atoms with Crippen LogP contribution in [-0.2, 0) is 11.3 Å². The molecule has 1 aliphatic rings. The molecule has 0 radical (unpaired) electrons. The van der Waals surface area contributed by atoms with Gasteiger partial charge in [-0.1, -0.05) is 0 Å². The molecule has 0 aromatic carbocycles. The third kappa shape index (κ3) is 5.17. The fourth-order valence-corrected chi connectivity index (χ4v) is 3.30. The van der Waals surface area contributed by atoms with Crippen LogP contribution in [0.4, 0.5) is 30.8 Å². The molecular formula is C18H22F3N9O. The maximum Gasteiger partial charge on any atom is 0.411 e. The molecule has 1 aliphatic heterocycles. The van der Waals surface area contributed by atoms with Gasteiger partial charge in [-0.25, -0.2) is 15.0 Å². The summed E-state index contributed by atoms with van der Waals surface area (Å²) in [5, 5.41) is 10.9. The summed E-state index contributed by atoms with van der Waals surface area (Å²) in [6.07, 6.45) is -1.37. The Balaban J connectivity index is 1.68. The van der Waals surface area contributed by atoms with E-state index in [2.05, 4.69) is 30.6 Å². The lowest BCUT2D eigenvalue weighted by Gasteiger charge is -2.27. The third-order valence-corrected chi connectivity index (χ3v) is 4.69. The van der Waals surface area contributed by atoms with E-state index in [0.717, 1.165) is 26.2 Å². The molecule has 0 atom stereocenters. The van der Waals surface area contributed by atoms with Gasteiger partial charge < -0.3 is 20.3 Å². The van der Waals surface area contributed by atoms with E-state index in [1.54, 1.807) is 23.9 Å². The van der Waals surface area contributed by atoms with Crippen LogP contribution in [0.25, 0.3) is 11.0 Å².